The van der Waals surface area contributed by atoms with Gasteiger partial charge < -0.3 is 13.3 Å². The molecule has 0 aromatic rings. The molecule has 0 aliphatic heterocycles. The number of rotatable bonds is 13. The molecule has 1 radical (unpaired) electrons. The predicted molar refractivity (Wildman–Crippen MR) is 78.5 cm³/mol. The summed E-state index contributed by atoms with van der Waals surface area (Å²) in [7, 11) is -2.42. The van der Waals surface area contributed by atoms with Crippen molar-refractivity contribution in [3.05, 3.63) is 6.92 Å². The van der Waals surface area contributed by atoms with Crippen molar-refractivity contribution >= 4 is 8.80 Å². The number of hydrogen-bond acceptors (Lipinski definition) is 3. The number of hydrogen-bond donors (Lipinski definition) is 0. The summed E-state index contributed by atoms with van der Waals surface area (Å²) in [6.45, 7) is 12.5. The molecule has 0 amide bonds. The highest BCUT2D eigenvalue weighted by Gasteiger charge is 2.40. The van der Waals surface area contributed by atoms with Crippen LogP contribution in [-0.4, -0.2) is 28.6 Å². The van der Waals surface area contributed by atoms with E-state index in [4.69, 9.17) is 13.3 Å². The molecule has 0 atom stereocenters. The van der Waals surface area contributed by atoms with Gasteiger partial charge in [0.25, 0.3) is 0 Å². The lowest BCUT2D eigenvalue weighted by atomic mass is 10.3. The normalized spacial score (nSPS) is 12.0. The maximum absolute atomic E-state index is 6.00. The van der Waals surface area contributed by atoms with Crippen molar-refractivity contribution in [2.75, 3.05) is 19.8 Å². The Labute approximate surface area is 115 Å². The minimum atomic E-state index is -2.42. The molecule has 18 heavy (non-hydrogen) atoms. The summed E-state index contributed by atoms with van der Waals surface area (Å²) in [5.74, 6) is 0. The second kappa shape index (κ2) is 12.1. The summed E-state index contributed by atoms with van der Waals surface area (Å²) in [6.07, 6.45) is 6.21. The van der Waals surface area contributed by atoms with E-state index in [1.165, 1.54) is 0 Å². The van der Waals surface area contributed by atoms with Gasteiger partial charge in [-0.2, -0.15) is 0 Å². The minimum absolute atomic E-state index is 0.740. The van der Waals surface area contributed by atoms with E-state index in [1.807, 2.05) is 0 Å². The van der Waals surface area contributed by atoms with E-state index in [0.717, 1.165) is 64.4 Å². The smallest absolute Gasteiger partial charge is 0.373 e. The fourth-order valence-corrected chi connectivity index (χ4v) is 4.54. The SMILES string of the molecule is [CH2]CCCC[Si](OCCC)(OCCC)OCCC. The lowest BCUT2D eigenvalue weighted by Crippen LogP contribution is -2.46. The first-order valence-electron chi connectivity index (χ1n) is 7.45. The molecular formula is C14H31O3Si. The molecule has 0 saturated heterocycles. The predicted octanol–water partition coefficient (Wildman–Crippen LogP) is 4.21. The summed E-state index contributed by atoms with van der Waals surface area (Å²) in [4.78, 5) is 0. The van der Waals surface area contributed by atoms with Crippen LogP contribution in [0, 0.1) is 6.92 Å². The van der Waals surface area contributed by atoms with Crippen molar-refractivity contribution in [1.82, 2.24) is 0 Å². The lowest BCUT2D eigenvalue weighted by molar-refractivity contribution is 0.0586. The van der Waals surface area contributed by atoms with Gasteiger partial charge in [-0.1, -0.05) is 40.5 Å². The van der Waals surface area contributed by atoms with Crippen molar-refractivity contribution in [3.8, 4) is 0 Å². The maximum atomic E-state index is 6.00. The van der Waals surface area contributed by atoms with Gasteiger partial charge in [0.15, 0.2) is 0 Å². The third kappa shape index (κ3) is 8.24. The Morgan fingerprint density at radius 2 is 1.22 bits per heavy atom. The molecule has 0 rings (SSSR count). The van der Waals surface area contributed by atoms with E-state index in [-0.39, 0.29) is 0 Å². The molecule has 0 fully saturated rings. The fraction of sp³-hybridized carbons (Fsp3) is 0.929. The molecule has 109 valence electrons. The summed E-state index contributed by atoms with van der Waals surface area (Å²) >= 11 is 0. The van der Waals surface area contributed by atoms with Crippen molar-refractivity contribution in [1.29, 1.82) is 0 Å². The minimum Gasteiger partial charge on any atom is -0.373 e. The molecule has 0 aromatic carbocycles. The Kier molecular flexibility index (Phi) is 12.2. The van der Waals surface area contributed by atoms with Gasteiger partial charge in [0.1, 0.15) is 0 Å². The first-order valence-corrected chi connectivity index (χ1v) is 9.39. The Morgan fingerprint density at radius 1 is 0.778 bits per heavy atom. The monoisotopic (exact) mass is 275 g/mol. The van der Waals surface area contributed by atoms with Crippen LogP contribution in [0.25, 0.3) is 0 Å². The van der Waals surface area contributed by atoms with Crippen LogP contribution in [0.4, 0.5) is 0 Å². The fourth-order valence-electron chi connectivity index (χ4n) is 1.63. The van der Waals surface area contributed by atoms with Gasteiger partial charge in [-0.15, -0.1) is 0 Å². The van der Waals surface area contributed by atoms with E-state index in [9.17, 15) is 0 Å². The van der Waals surface area contributed by atoms with Gasteiger partial charge in [0.05, 0.1) is 0 Å². The van der Waals surface area contributed by atoms with Crippen LogP contribution in [0.5, 0.6) is 0 Å². The molecule has 0 unspecified atom stereocenters. The second-order valence-corrected chi connectivity index (χ2v) is 7.27. The average Bonchev–Trinajstić information content (AvgIpc) is 2.40. The third-order valence-electron chi connectivity index (χ3n) is 2.56. The molecule has 0 spiro atoms. The molecule has 0 bridgehead atoms. The molecule has 0 aromatic heterocycles. The zero-order valence-electron chi connectivity index (χ0n) is 12.5. The van der Waals surface area contributed by atoms with Crippen LogP contribution in [-0.2, 0) is 13.3 Å². The molecule has 0 heterocycles. The Morgan fingerprint density at radius 3 is 1.56 bits per heavy atom. The summed E-state index contributed by atoms with van der Waals surface area (Å²) < 4.78 is 18.0. The van der Waals surface area contributed by atoms with Gasteiger partial charge in [-0.25, -0.2) is 0 Å². The van der Waals surface area contributed by atoms with Crippen molar-refractivity contribution in [2.45, 2.75) is 65.3 Å². The Bertz CT molecular complexity index is 155. The van der Waals surface area contributed by atoms with E-state index >= 15 is 0 Å². The Balaban J connectivity index is 4.41. The largest absolute Gasteiger partial charge is 0.500 e. The highest BCUT2D eigenvalue weighted by molar-refractivity contribution is 6.60. The highest BCUT2D eigenvalue weighted by atomic mass is 28.4. The Hall–Kier alpha value is 0.0969. The standard InChI is InChI=1S/C14H31O3Si/c1-5-9-10-14-18(15-11-6-2,16-12-7-3)17-13-8-4/h1,5-14H2,2-4H3. The van der Waals surface area contributed by atoms with Crippen LogP contribution in [0.1, 0.15) is 59.3 Å². The highest BCUT2D eigenvalue weighted by Crippen LogP contribution is 2.21. The third-order valence-corrected chi connectivity index (χ3v) is 5.46. The quantitative estimate of drug-likeness (QED) is 0.372. The van der Waals surface area contributed by atoms with Crippen LogP contribution in [0.2, 0.25) is 6.04 Å². The van der Waals surface area contributed by atoms with Crippen molar-refractivity contribution in [2.24, 2.45) is 0 Å². The second-order valence-electron chi connectivity index (χ2n) is 4.54. The van der Waals surface area contributed by atoms with Crippen molar-refractivity contribution in [3.63, 3.8) is 0 Å². The van der Waals surface area contributed by atoms with Crippen molar-refractivity contribution < 1.29 is 13.3 Å². The maximum Gasteiger partial charge on any atom is 0.500 e. The molecule has 0 N–H and O–H groups in total. The molecular weight excluding hydrogens is 244 g/mol. The van der Waals surface area contributed by atoms with Crippen LogP contribution in [0.15, 0.2) is 0 Å². The van der Waals surface area contributed by atoms with E-state index in [1.54, 1.807) is 0 Å². The molecule has 3 nitrogen and oxygen atoms in total. The van der Waals surface area contributed by atoms with E-state index in [0.29, 0.717) is 0 Å². The van der Waals surface area contributed by atoms with Gasteiger partial charge in [0.2, 0.25) is 0 Å². The van der Waals surface area contributed by atoms with Crippen LogP contribution >= 0.6 is 0 Å². The van der Waals surface area contributed by atoms with Gasteiger partial charge in [0, 0.05) is 25.9 Å². The van der Waals surface area contributed by atoms with E-state index < -0.39 is 8.80 Å². The zero-order valence-corrected chi connectivity index (χ0v) is 13.5. The van der Waals surface area contributed by atoms with E-state index in [2.05, 4.69) is 27.7 Å². The lowest BCUT2D eigenvalue weighted by Gasteiger charge is -2.29. The molecule has 0 aliphatic carbocycles. The molecule has 0 saturated carbocycles. The topological polar surface area (TPSA) is 27.7 Å². The van der Waals surface area contributed by atoms with Crippen LogP contribution in [0.3, 0.4) is 0 Å². The first-order chi connectivity index (χ1) is 8.74. The summed E-state index contributed by atoms with van der Waals surface area (Å²) in [5, 5.41) is 0. The molecule has 0 aliphatic rings. The first kappa shape index (κ1) is 18.1. The average molecular weight is 275 g/mol. The van der Waals surface area contributed by atoms with Crippen LogP contribution < -0.4 is 0 Å². The zero-order chi connectivity index (χ0) is 13.7. The summed E-state index contributed by atoms with van der Waals surface area (Å²) in [5.41, 5.74) is 0. The van der Waals surface area contributed by atoms with Gasteiger partial charge in [-0.3, -0.25) is 0 Å². The number of unbranched alkanes of at least 4 members (excludes halogenated alkanes) is 2. The molecule has 4 heteroatoms. The van der Waals surface area contributed by atoms with Gasteiger partial charge >= 0.3 is 8.80 Å². The van der Waals surface area contributed by atoms with Gasteiger partial charge in [-0.05, 0) is 25.7 Å². The summed E-state index contributed by atoms with van der Waals surface area (Å²) in [6, 6.07) is 0.933.